The Labute approximate surface area is 664 Å². The number of imidazole rings is 2. The van der Waals surface area contributed by atoms with Crippen molar-refractivity contribution in [3.63, 3.8) is 0 Å². The van der Waals surface area contributed by atoms with Crippen LogP contribution >= 0.6 is 22.6 Å². The fourth-order valence-electron chi connectivity index (χ4n) is 14.8. The third-order valence-electron chi connectivity index (χ3n) is 21.0. The molecule has 1 aliphatic rings. The number of hydrogen-bond acceptors (Lipinski definition) is 6. The van der Waals surface area contributed by atoms with E-state index >= 15 is 0 Å². The van der Waals surface area contributed by atoms with E-state index in [2.05, 4.69) is 445 Å². The van der Waals surface area contributed by atoms with Gasteiger partial charge in [0, 0.05) is 65.6 Å². The van der Waals surface area contributed by atoms with Crippen molar-refractivity contribution >= 4 is 113 Å². The molecule has 0 amide bonds. The summed E-state index contributed by atoms with van der Waals surface area (Å²) in [4.78, 5) is 14.6. The van der Waals surface area contributed by atoms with Crippen LogP contribution in [0, 0.1) is 3.57 Å². The number of rotatable bonds is 14. The van der Waals surface area contributed by atoms with Crippen LogP contribution in [0.25, 0.3) is 111 Å². The van der Waals surface area contributed by atoms with E-state index in [9.17, 15) is 0 Å². The number of anilines is 6. The van der Waals surface area contributed by atoms with Crippen LogP contribution < -0.4 is 15.3 Å². The number of aromatic nitrogens is 4. The summed E-state index contributed by atoms with van der Waals surface area (Å²) >= 11 is 2.43. The second kappa shape index (κ2) is 31.9. The number of hydrogen-bond donors (Lipinski definition) is 0. The van der Waals surface area contributed by atoms with Gasteiger partial charge in [-0.1, -0.05) is 280 Å². The Morgan fingerprint density at radius 1 is 0.288 bits per heavy atom. The summed E-state index contributed by atoms with van der Waals surface area (Å²) in [6.07, 6.45) is 0. The fourth-order valence-corrected chi connectivity index (χ4v) is 15.6. The maximum Gasteiger partial charge on any atom is 0.494 e. The highest BCUT2D eigenvalue weighted by atomic mass is 127. The number of fused-ring (bicyclic) bond motifs is 4. The highest BCUT2D eigenvalue weighted by Crippen LogP contribution is 2.43. The molecule has 1 aliphatic heterocycles. The minimum Gasteiger partial charge on any atom is -0.399 e. The van der Waals surface area contributed by atoms with Crippen molar-refractivity contribution in [2.75, 3.05) is 9.80 Å². The van der Waals surface area contributed by atoms with Crippen LogP contribution in [-0.4, -0.2) is 37.4 Å². The van der Waals surface area contributed by atoms with Gasteiger partial charge in [-0.3, -0.25) is 9.13 Å². The lowest BCUT2D eigenvalue weighted by molar-refractivity contribution is 0.00578. The highest BCUT2D eigenvalue weighted by molar-refractivity contribution is 14.1. The lowest BCUT2D eigenvalue weighted by atomic mass is 9.79. The van der Waals surface area contributed by atoms with Crippen LogP contribution in [-0.2, 0) is 9.31 Å². The summed E-state index contributed by atoms with van der Waals surface area (Å²) in [5.41, 5.74) is 22.9. The van der Waals surface area contributed by atoms with E-state index in [-0.39, 0.29) is 25.7 Å². The molecule has 0 aliphatic carbocycles. The number of para-hydroxylation sites is 10. The number of nitrogens with zero attached hydrogens (tertiary/aromatic N) is 6. The van der Waals surface area contributed by atoms with E-state index in [4.69, 9.17) is 19.3 Å². The molecule has 0 atom stereocenters. The molecule has 2 aromatic heterocycles. The third-order valence-corrected chi connectivity index (χ3v) is 21.9. The predicted octanol–water partition coefficient (Wildman–Crippen LogP) is 26.9. The molecule has 111 heavy (non-hydrogen) atoms. The maximum absolute atomic E-state index is 6.19. The first kappa shape index (κ1) is 72.5. The predicted molar refractivity (Wildman–Crippen MR) is 475 cm³/mol. The summed E-state index contributed by atoms with van der Waals surface area (Å²) in [5.74, 6) is 1.85. The zero-order valence-corrected chi connectivity index (χ0v) is 63.7. The van der Waals surface area contributed by atoms with Crippen molar-refractivity contribution in [3.05, 3.63) is 404 Å². The molecule has 16 aromatic carbocycles. The van der Waals surface area contributed by atoms with E-state index in [1.54, 1.807) is 0 Å². The highest BCUT2D eigenvalue weighted by Gasteiger charge is 2.51. The molecule has 19 rings (SSSR count). The Bertz CT molecular complexity index is 6100. The Hall–Kier alpha value is -12.7. The molecular formula is C101H82BIN6O2. The average molecular weight is 1550 g/mol. The van der Waals surface area contributed by atoms with Gasteiger partial charge in [0.15, 0.2) is 0 Å². The molecule has 0 spiro atoms. The van der Waals surface area contributed by atoms with Gasteiger partial charge in [0.2, 0.25) is 0 Å². The molecule has 0 saturated carbocycles. The van der Waals surface area contributed by atoms with Crippen molar-refractivity contribution < 1.29 is 9.31 Å². The monoisotopic (exact) mass is 1550 g/mol. The zero-order chi connectivity index (χ0) is 74.6. The number of benzene rings is 16. The van der Waals surface area contributed by atoms with E-state index < -0.39 is 0 Å². The van der Waals surface area contributed by atoms with Crippen LogP contribution in [0.1, 0.15) is 35.1 Å². The summed E-state index contributed by atoms with van der Waals surface area (Å²) in [7, 11) is -0.364. The summed E-state index contributed by atoms with van der Waals surface area (Å²) in [6, 6.07) is 141. The lowest BCUT2D eigenvalue weighted by Gasteiger charge is -2.32. The topological polar surface area (TPSA) is 60.6 Å². The van der Waals surface area contributed by atoms with E-state index in [0.717, 1.165) is 95.8 Å². The molecule has 10 heteroatoms. The molecule has 18 aromatic rings. The molecule has 0 unspecified atom stereocenters. The van der Waals surface area contributed by atoms with Gasteiger partial charge in [-0.2, -0.15) is 0 Å². The van der Waals surface area contributed by atoms with Crippen molar-refractivity contribution in [3.8, 4) is 67.5 Å². The number of halogens is 1. The van der Waals surface area contributed by atoms with Crippen LogP contribution in [0.5, 0.6) is 0 Å². The minimum absolute atomic E-state index is 0. The van der Waals surface area contributed by atoms with Gasteiger partial charge in [0.05, 0.1) is 33.3 Å². The lowest BCUT2D eigenvalue weighted by Crippen LogP contribution is -2.41. The molecule has 8 nitrogen and oxygen atoms in total. The van der Waals surface area contributed by atoms with Crippen molar-refractivity contribution in [1.29, 1.82) is 0 Å². The van der Waals surface area contributed by atoms with Gasteiger partial charge in [0.25, 0.3) is 0 Å². The largest absolute Gasteiger partial charge is 0.494 e. The van der Waals surface area contributed by atoms with Crippen LogP contribution in [0.15, 0.2) is 400 Å². The van der Waals surface area contributed by atoms with Gasteiger partial charge in [-0.15, -0.1) is 0 Å². The second-order valence-corrected chi connectivity index (χ2v) is 29.6. The Morgan fingerprint density at radius 2 is 0.577 bits per heavy atom. The van der Waals surface area contributed by atoms with E-state index in [1.807, 2.05) is 24.3 Å². The smallest absolute Gasteiger partial charge is 0.399 e. The van der Waals surface area contributed by atoms with Crippen molar-refractivity contribution in [1.82, 2.24) is 19.1 Å². The molecule has 0 N–H and O–H groups in total. The van der Waals surface area contributed by atoms with Crippen LogP contribution in [0.4, 0.5) is 34.1 Å². The first-order valence-electron chi connectivity index (χ1n) is 37.3. The Kier molecular flexibility index (Phi) is 20.8. The molecule has 1 saturated heterocycles. The van der Waals surface area contributed by atoms with Gasteiger partial charge in [-0.25, -0.2) is 9.97 Å². The van der Waals surface area contributed by atoms with Crippen molar-refractivity contribution in [2.45, 2.75) is 46.3 Å². The molecule has 0 radical (unpaired) electrons. The molecular weight excluding hydrogens is 1470 g/mol. The third kappa shape index (κ3) is 14.8. The molecule has 3 heterocycles. The zero-order valence-electron chi connectivity index (χ0n) is 61.6. The van der Waals surface area contributed by atoms with Crippen LogP contribution in [0.3, 0.4) is 0 Å². The SMILES string of the molecule is C.CC1(C)OB(c2ccc(-c3nc4ccccc4n3-c3ccccc3)cc2)OC1(C)C.Ic1cccc2cccc(-c3ccc(N(c4ccccc4)c4ccccc4)cc3)c12.c1ccc(N(c2ccccc2)c2ccc(-c3cccc4cccc(-c5ccc(-c6nc7ccccc7n6-c6ccccc6)cc5)c34)cc2)cc1. The van der Waals surface area contributed by atoms with E-state index in [1.165, 1.54) is 58.5 Å². The molecule has 1 fully saturated rings. The van der Waals surface area contributed by atoms with Gasteiger partial charge >= 0.3 is 7.12 Å². The van der Waals surface area contributed by atoms with E-state index in [0.29, 0.717) is 0 Å². The average Bonchev–Trinajstić information content (AvgIpc) is 1.72. The van der Waals surface area contributed by atoms with Gasteiger partial charge < -0.3 is 19.1 Å². The quantitative estimate of drug-likeness (QED) is 0.0799. The Balaban J connectivity index is 0.000000133. The van der Waals surface area contributed by atoms with Crippen molar-refractivity contribution in [2.24, 2.45) is 0 Å². The molecule has 538 valence electrons. The second-order valence-electron chi connectivity index (χ2n) is 28.4. The standard InChI is InChI=1S/C47H33N3.C28H20IN.C25H25BN2O2.CH4/c1-4-16-38(17-5-1)49(39-18-6-2-7-19-39)41-32-30-35(31-33-41)43-23-13-15-36-14-12-22-42(46(36)43)34-26-28-37(29-27-34)47-48-44-24-10-11-25-45(44)50(47)40-20-8-3-9-21-40;29-27-16-8-10-22-9-7-15-26(28(22)27)21-17-19-25(20-18-21)30(23-11-3-1-4-12-23)24-13-5-2-6-14-24;1-24(2)25(3,4)30-26(29-24)19-16-14-18(15-17-19)23-27-21-12-8-9-13-22(21)28(23)20-10-6-5-7-11-20;/h1-33H;1-20H;5-17H,1-4H3;1H4. The summed E-state index contributed by atoms with van der Waals surface area (Å²) < 4.78 is 18.1. The first-order chi connectivity index (χ1) is 54.0. The van der Waals surface area contributed by atoms with Gasteiger partial charge in [0.1, 0.15) is 11.6 Å². The fraction of sp³-hybridized carbons (Fsp3) is 0.0693. The van der Waals surface area contributed by atoms with Crippen LogP contribution in [0.2, 0.25) is 0 Å². The first-order valence-corrected chi connectivity index (χ1v) is 38.4. The Morgan fingerprint density at radius 3 is 0.955 bits per heavy atom. The molecule has 0 bridgehead atoms. The summed E-state index contributed by atoms with van der Waals surface area (Å²) in [5, 5.41) is 5.05. The maximum atomic E-state index is 6.19. The normalized spacial score (nSPS) is 12.7. The summed E-state index contributed by atoms with van der Waals surface area (Å²) in [6.45, 7) is 8.29. The minimum atomic E-state index is -0.364. The van der Waals surface area contributed by atoms with Gasteiger partial charge in [-0.05, 0) is 233 Å².